The number of halogens is 3. The molecule has 0 radical (unpaired) electrons. The SMILES string of the molecule is C[C@@H](O)[C@@H]1[C@H](N(C)c2nc(Cl)nc3c(F)c(Cl)ncc23)CCN1C(=O)OC(C)(C)C. The first-order valence-corrected chi connectivity index (χ1v) is 10.2. The molecule has 8 nitrogen and oxygen atoms in total. The molecule has 2 aromatic heterocycles. The maximum Gasteiger partial charge on any atom is 0.410 e. The number of hydrogen-bond donors (Lipinski definition) is 1. The van der Waals surface area contributed by atoms with Gasteiger partial charge in [-0.05, 0) is 45.7 Å². The monoisotopic (exact) mass is 459 g/mol. The fraction of sp³-hybridized carbons (Fsp3) is 0.579. The lowest BCUT2D eigenvalue weighted by molar-refractivity contribution is 0.00623. The fourth-order valence-electron chi connectivity index (χ4n) is 3.76. The molecule has 0 bridgehead atoms. The Kier molecular flexibility index (Phi) is 6.27. The largest absolute Gasteiger partial charge is 0.444 e. The Morgan fingerprint density at radius 3 is 2.67 bits per heavy atom. The van der Waals surface area contributed by atoms with Crippen LogP contribution in [-0.2, 0) is 4.74 Å². The molecule has 0 spiro atoms. The molecule has 3 atom stereocenters. The standard InChI is InChI=1S/C19H24Cl2FN5O3/c1-9(28)14-11(6-7-27(14)18(29)30-19(2,3)4)26(5)16-10-8-23-15(20)12(22)13(10)24-17(21)25-16/h8-9,11,14,28H,6-7H2,1-5H3/t9-,11-,14-/m1/s1. The second kappa shape index (κ2) is 8.28. The Hall–Kier alpha value is -1.97. The van der Waals surface area contributed by atoms with Gasteiger partial charge in [0, 0.05) is 19.8 Å². The highest BCUT2D eigenvalue weighted by atomic mass is 35.5. The van der Waals surface area contributed by atoms with Crippen molar-refractivity contribution in [3.05, 3.63) is 22.5 Å². The van der Waals surface area contributed by atoms with Crippen LogP contribution in [0, 0.1) is 5.82 Å². The molecule has 1 saturated heterocycles. The predicted molar refractivity (Wildman–Crippen MR) is 113 cm³/mol. The third kappa shape index (κ3) is 4.38. The molecule has 164 valence electrons. The van der Waals surface area contributed by atoms with E-state index in [4.69, 9.17) is 27.9 Å². The van der Waals surface area contributed by atoms with Crippen LogP contribution in [0.25, 0.3) is 10.9 Å². The third-order valence-electron chi connectivity index (χ3n) is 4.97. The normalized spacial score (nSPS) is 20.5. The number of ether oxygens (including phenoxy) is 1. The Morgan fingerprint density at radius 2 is 2.07 bits per heavy atom. The fourth-order valence-corrected chi connectivity index (χ4v) is 4.06. The number of anilines is 1. The molecule has 1 amide bonds. The number of fused-ring (bicyclic) bond motifs is 1. The Balaban J connectivity index is 1.99. The van der Waals surface area contributed by atoms with Crippen LogP contribution in [0.3, 0.4) is 0 Å². The summed E-state index contributed by atoms with van der Waals surface area (Å²) in [7, 11) is 1.74. The first kappa shape index (κ1) is 22.7. The average molecular weight is 460 g/mol. The molecule has 1 aliphatic heterocycles. The second-order valence-corrected chi connectivity index (χ2v) is 9.01. The maximum absolute atomic E-state index is 14.5. The number of carbonyl (C=O) groups is 1. The van der Waals surface area contributed by atoms with Gasteiger partial charge in [-0.15, -0.1) is 0 Å². The number of likely N-dealkylation sites (N-methyl/N-ethyl adjacent to an activating group) is 1. The number of amides is 1. The van der Waals surface area contributed by atoms with Crippen molar-refractivity contribution in [3.63, 3.8) is 0 Å². The summed E-state index contributed by atoms with van der Waals surface area (Å²) < 4.78 is 19.9. The van der Waals surface area contributed by atoms with E-state index in [0.717, 1.165) is 0 Å². The number of hydrogen-bond acceptors (Lipinski definition) is 7. The molecule has 0 aliphatic carbocycles. The molecular formula is C19H24Cl2FN5O3. The van der Waals surface area contributed by atoms with Gasteiger partial charge in [-0.1, -0.05) is 11.6 Å². The molecule has 0 unspecified atom stereocenters. The lowest BCUT2D eigenvalue weighted by Crippen LogP contribution is -2.52. The number of pyridine rings is 1. The summed E-state index contributed by atoms with van der Waals surface area (Å²) in [5.74, 6) is -0.461. The van der Waals surface area contributed by atoms with Gasteiger partial charge in [-0.2, -0.15) is 4.98 Å². The second-order valence-electron chi connectivity index (χ2n) is 8.31. The van der Waals surface area contributed by atoms with E-state index < -0.39 is 29.7 Å². The highest BCUT2D eigenvalue weighted by molar-refractivity contribution is 6.30. The van der Waals surface area contributed by atoms with Gasteiger partial charge in [-0.25, -0.2) is 19.2 Å². The molecule has 1 fully saturated rings. The summed E-state index contributed by atoms with van der Waals surface area (Å²) in [6.07, 6.45) is 0.563. The van der Waals surface area contributed by atoms with Gasteiger partial charge >= 0.3 is 6.09 Å². The molecule has 30 heavy (non-hydrogen) atoms. The lowest BCUT2D eigenvalue weighted by Gasteiger charge is -2.36. The van der Waals surface area contributed by atoms with Crippen LogP contribution >= 0.6 is 23.2 Å². The van der Waals surface area contributed by atoms with Crippen molar-refractivity contribution in [2.24, 2.45) is 0 Å². The van der Waals surface area contributed by atoms with Gasteiger partial charge in [0.2, 0.25) is 5.28 Å². The smallest absolute Gasteiger partial charge is 0.410 e. The summed E-state index contributed by atoms with van der Waals surface area (Å²) in [6, 6.07) is -0.899. The maximum atomic E-state index is 14.5. The van der Waals surface area contributed by atoms with Gasteiger partial charge in [0.1, 0.15) is 16.9 Å². The number of nitrogens with zero attached hydrogens (tertiary/aromatic N) is 5. The number of aliphatic hydroxyl groups excluding tert-OH is 1. The van der Waals surface area contributed by atoms with E-state index >= 15 is 0 Å². The molecule has 1 aliphatic rings. The van der Waals surface area contributed by atoms with Crippen LogP contribution in [0.2, 0.25) is 10.4 Å². The summed E-state index contributed by atoms with van der Waals surface area (Å²) in [4.78, 5) is 28.0. The molecular weight excluding hydrogens is 436 g/mol. The number of rotatable bonds is 3. The first-order chi connectivity index (χ1) is 13.9. The molecule has 11 heteroatoms. The number of aliphatic hydroxyl groups is 1. The van der Waals surface area contributed by atoms with E-state index in [1.165, 1.54) is 11.1 Å². The van der Waals surface area contributed by atoms with Crippen molar-refractivity contribution in [3.8, 4) is 0 Å². The van der Waals surface area contributed by atoms with Gasteiger partial charge in [-0.3, -0.25) is 0 Å². The minimum absolute atomic E-state index is 0.0487. The zero-order valence-electron chi connectivity index (χ0n) is 17.4. The van der Waals surface area contributed by atoms with Crippen LogP contribution in [0.15, 0.2) is 6.20 Å². The van der Waals surface area contributed by atoms with E-state index in [9.17, 15) is 14.3 Å². The van der Waals surface area contributed by atoms with Crippen LogP contribution < -0.4 is 4.90 Å². The zero-order chi connectivity index (χ0) is 22.4. The Bertz CT molecular complexity index is 969. The topological polar surface area (TPSA) is 91.7 Å². The van der Waals surface area contributed by atoms with E-state index in [1.54, 1.807) is 39.6 Å². The van der Waals surface area contributed by atoms with Crippen molar-refractivity contribution >= 4 is 46.0 Å². The van der Waals surface area contributed by atoms with Crippen molar-refractivity contribution in [1.29, 1.82) is 0 Å². The first-order valence-electron chi connectivity index (χ1n) is 9.48. The predicted octanol–water partition coefficient (Wildman–Crippen LogP) is 3.67. The Labute approximate surface area is 184 Å². The highest BCUT2D eigenvalue weighted by Crippen LogP contribution is 2.34. The van der Waals surface area contributed by atoms with Crippen molar-refractivity contribution in [1.82, 2.24) is 19.9 Å². The van der Waals surface area contributed by atoms with E-state index in [1.807, 2.05) is 0 Å². The van der Waals surface area contributed by atoms with Crippen LogP contribution in [0.1, 0.15) is 34.1 Å². The molecule has 3 rings (SSSR count). The van der Waals surface area contributed by atoms with Gasteiger partial charge in [0.05, 0.1) is 23.6 Å². The summed E-state index contributed by atoms with van der Waals surface area (Å²) >= 11 is 11.8. The molecule has 0 saturated carbocycles. The average Bonchev–Trinajstić information content (AvgIpc) is 3.08. The molecule has 3 heterocycles. The van der Waals surface area contributed by atoms with Gasteiger partial charge in [0.15, 0.2) is 11.0 Å². The molecule has 0 aromatic carbocycles. The highest BCUT2D eigenvalue weighted by Gasteiger charge is 2.44. The van der Waals surface area contributed by atoms with Crippen molar-refractivity contribution in [2.75, 3.05) is 18.5 Å². The zero-order valence-corrected chi connectivity index (χ0v) is 18.9. The summed E-state index contributed by atoms with van der Waals surface area (Å²) in [5.41, 5.74) is -0.712. The quantitative estimate of drug-likeness (QED) is 0.552. The van der Waals surface area contributed by atoms with Crippen molar-refractivity contribution < 1.29 is 19.0 Å². The van der Waals surface area contributed by atoms with Crippen molar-refractivity contribution in [2.45, 2.75) is 57.9 Å². The number of aromatic nitrogens is 3. The van der Waals surface area contributed by atoms with Crippen LogP contribution in [0.5, 0.6) is 0 Å². The van der Waals surface area contributed by atoms with E-state index in [0.29, 0.717) is 24.2 Å². The lowest BCUT2D eigenvalue weighted by atomic mass is 10.0. The van der Waals surface area contributed by atoms with Crippen LogP contribution in [-0.4, -0.2) is 68.4 Å². The summed E-state index contributed by atoms with van der Waals surface area (Å²) in [5, 5.41) is 10.3. The molecule has 1 N–H and O–H groups in total. The number of carbonyl (C=O) groups excluding carboxylic acids is 1. The van der Waals surface area contributed by atoms with E-state index in [2.05, 4.69) is 15.0 Å². The third-order valence-corrected chi connectivity index (χ3v) is 5.40. The summed E-state index contributed by atoms with van der Waals surface area (Å²) in [6.45, 7) is 7.34. The molecule has 2 aromatic rings. The Morgan fingerprint density at radius 1 is 1.40 bits per heavy atom. The van der Waals surface area contributed by atoms with Gasteiger partial charge < -0.3 is 19.6 Å². The minimum atomic E-state index is -0.847. The van der Waals surface area contributed by atoms with Crippen LogP contribution in [0.4, 0.5) is 15.0 Å². The minimum Gasteiger partial charge on any atom is -0.444 e. The van der Waals surface area contributed by atoms with E-state index in [-0.39, 0.29) is 22.0 Å². The number of likely N-dealkylation sites (tertiary alicyclic amines) is 1. The van der Waals surface area contributed by atoms with Gasteiger partial charge in [0.25, 0.3) is 0 Å².